The number of Topliss-reactive ketones (excluding diaryl/α,β-unsaturated/α-hetero) is 4. The van der Waals surface area contributed by atoms with E-state index in [1.54, 1.807) is 75.3 Å². The van der Waals surface area contributed by atoms with Crippen molar-refractivity contribution in [1.29, 1.82) is 0 Å². The van der Waals surface area contributed by atoms with Gasteiger partial charge in [0.05, 0.1) is 56.9 Å². The van der Waals surface area contributed by atoms with Crippen molar-refractivity contribution in [3.8, 4) is 46.0 Å². The Bertz CT molecular complexity index is 3900. The first-order valence-electron chi connectivity index (χ1n) is 35.1. The summed E-state index contributed by atoms with van der Waals surface area (Å²) in [6.07, 6.45) is 18.6. The molecule has 3 atom stereocenters. The zero-order valence-corrected chi connectivity index (χ0v) is 61.7. The van der Waals surface area contributed by atoms with Crippen LogP contribution in [0.5, 0.6) is 46.0 Å². The zero-order valence-electron chi connectivity index (χ0n) is 59.5. The van der Waals surface area contributed by atoms with E-state index in [1.807, 2.05) is 60.7 Å². The third-order valence-corrected chi connectivity index (χ3v) is 20.9. The fraction of sp³-hybridized carbons (Fsp3) is 0.427. The quantitative estimate of drug-likeness (QED) is 0.0747. The molecular weight excluding hydrogens is 1460 g/mol. The predicted octanol–water partition coefficient (Wildman–Crippen LogP) is 14.1. The van der Waals surface area contributed by atoms with Gasteiger partial charge in [0.25, 0.3) is 0 Å². The zero-order chi connectivity index (χ0) is 71.4. The van der Waals surface area contributed by atoms with E-state index in [4.69, 9.17) is 44.7 Å². The number of hydrogen-bond acceptors (Lipinski definition) is 18. The number of hydrogen-bond donors (Lipinski definition) is 1. The van der Waals surface area contributed by atoms with Crippen LogP contribution in [0.3, 0.4) is 0 Å². The fourth-order valence-corrected chi connectivity index (χ4v) is 15.5. The number of methoxy groups -OCH3 is 8. The second-order valence-corrected chi connectivity index (χ2v) is 27.5. The molecule has 0 spiro atoms. The van der Waals surface area contributed by atoms with Crippen molar-refractivity contribution >= 4 is 29.2 Å². The first-order valence-corrected chi connectivity index (χ1v) is 36.9. The summed E-state index contributed by atoms with van der Waals surface area (Å²) in [6.45, 7) is 8.70. The molecule has 7 aliphatic rings. The number of piperidine rings is 3. The van der Waals surface area contributed by atoms with E-state index in [0.29, 0.717) is 75.7 Å². The molecule has 3 fully saturated rings. The van der Waals surface area contributed by atoms with Crippen molar-refractivity contribution in [3.05, 3.63) is 200 Å². The van der Waals surface area contributed by atoms with Crippen LogP contribution in [0, 0.1) is 35.5 Å². The fourth-order valence-electron chi connectivity index (χ4n) is 15.5. The number of carbonyl (C=O) groups is 4. The van der Waals surface area contributed by atoms with Gasteiger partial charge in [-0.15, -0.1) is 0 Å². The van der Waals surface area contributed by atoms with E-state index in [0.717, 1.165) is 141 Å². The number of carbonyl (C=O) groups excluding carboxylic acids is 4. The van der Waals surface area contributed by atoms with E-state index >= 15 is 0 Å². The van der Waals surface area contributed by atoms with Gasteiger partial charge < -0.3 is 43.2 Å². The average Bonchev–Trinajstić information content (AvgIpc) is 1.66. The summed E-state index contributed by atoms with van der Waals surface area (Å²) in [5.74, 6) is 8.49. The molecule has 7 aromatic rings. The molecule has 1 N–H and O–H groups in total. The van der Waals surface area contributed by atoms with E-state index in [-0.39, 0.29) is 42.3 Å². The summed E-state index contributed by atoms with van der Waals surface area (Å²) < 4.78 is 59.7. The number of ether oxygens (including phenoxy) is 8. The van der Waals surface area contributed by atoms with Gasteiger partial charge in [-0.3, -0.25) is 34.0 Å². The summed E-state index contributed by atoms with van der Waals surface area (Å²) in [4.78, 5) is 60.0. The van der Waals surface area contributed by atoms with Crippen LogP contribution in [0.4, 0.5) is 0 Å². The molecule has 0 saturated carbocycles. The summed E-state index contributed by atoms with van der Waals surface area (Å²) in [6, 6.07) is 40.2. The summed E-state index contributed by atoms with van der Waals surface area (Å²) >= 11 is -1.92. The van der Waals surface area contributed by atoms with Gasteiger partial charge in [-0.2, -0.15) is 0 Å². The van der Waals surface area contributed by atoms with Crippen molar-refractivity contribution in [2.75, 3.05) is 96.1 Å². The molecule has 6 aromatic carbocycles. The normalized spacial score (nSPS) is 19.2. The Morgan fingerprint density at radius 1 is 0.436 bits per heavy atom. The number of fused-ring (bicyclic) bond motifs is 4. The van der Waals surface area contributed by atoms with Crippen LogP contribution in [0.25, 0.3) is 6.08 Å². The monoisotopic (exact) mass is 1560 g/mol. The van der Waals surface area contributed by atoms with Crippen LogP contribution in [0.2, 0.25) is 0 Å². The van der Waals surface area contributed by atoms with Gasteiger partial charge in [-0.05, 0) is 240 Å². The van der Waals surface area contributed by atoms with Crippen LogP contribution >= 0.6 is 0 Å². The van der Waals surface area contributed by atoms with E-state index < -0.39 is 18.5 Å². The molecule has 101 heavy (non-hydrogen) atoms. The van der Waals surface area contributed by atoms with Crippen LogP contribution in [-0.2, 0) is 64.1 Å². The Hall–Kier alpha value is -8.54. The molecule has 0 amide bonds. The number of nitrogens with one attached hydrogen (secondary N) is 1. The van der Waals surface area contributed by atoms with Gasteiger partial charge in [0.2, 0.25) is 0 Å². The number of pyridine rings is 1. The third-order valence-electron chi connectivity index (χ3n) is 20.9. The number of ketones is 4. The molecule has 3 unspecified atom stereocenters. The minimum absolute atomic E-state index is 0. The Kier molecular flexibility index (Phi) is 27.4. The molecule has 19 heteroatoms. The molecule has 0 bridgehead atoms. The maximum atomic E-state index is 12.9. The number of nitrogens with zero attached hydrogens (tertiary/aromatic N) is 3. The Morgan fingerprint density at radius 3 is 1.10 bits per heavy atom. The molecule has 14 rings (SSSR count). The van der Waals surface area contributed by atoms with Gasteiger partial charge in [0, 0.05) is 78.9 Å². The van der Waals surface area contributed by atoms with E-state index in [2.05, 4.69) is 80.8 Å². The van der Waals surface area contributed by atoms with Crippen LogP contribution in [0.1, 0.15) is 140 Å². The van der Waals surface area contributed by atoms with Gasteiger partial charge in [0.15, 0.2) is 69.1 Å². The topological polar surface area (TPSA) is 208 Å². The number of likely N-dealkylation sites (tertiary alicyclic amines) is 2. The molecule has 1 aromatic heterocycles. The molecular formula is C82H98N4O14Pt. The van der Waals surface area contributed by atoms with Crippen molar-refractivity contribution in [3.63, 3.8) is 0 Å². The van der Waals surface area contributed by atoms with E-state index in [9.17, 15) is 19.2 Å². The summed E-state index contributed by atoms with van der Waals surface area (Å²) in [5.41, 5.74) is 12.0. The van der Waals surface area contributed by atoms with Gasteiger partial charge in [0.1, 0.15) is 0 Å². The second-order valence-electron chi connectivity index (χ2n) is 27.1. The van der Waals surface area contributed by atoms with Crippen LogP contribution in [-0.4, -0.2) is 134 Å². The van der Waals surface area contributed by atoms with Crippen LogP contribution in [0.15, 0.2) is 139 Å². The first-order chi connectivity index (χ1) is 49.2. The number of rotatable bonds is 19. The Balaban J connectivity index is 0.000000157. The number of aromatic nitrogens is 1. The minimum atomic E-state index is -1.92. The Labute approximate surface area is 604 Å². The molecule has 3 aliphatic heterocycles. The Morgan fingerprint density at radius 2 is 0.752 bits per heavy atom. The standard InChI is InChI=1S/2C24H29NO3.C17H23NO3.C17H15NO3.2O.Pt.H2/c2*1-27-22-14-19-13-20(24(26)21(19)15-23(22)28-2)12-17-8-10-25(11-9-17)16-18-6-4-3-5-7-18;2*1-20-15-9-12-8-13(7-11-3-5-18-6-4-11)17(19)14(12)10-16(15)21-2;;;;/h2*3-7,14-15,17,20H,8-13,16H2,1-2H3;9-11,13,18H,3-8H2,1-2H3;3-7,9-10H,8H2,1-2H3;;;;1H/b;;;13-7+;;;;. The van der Waals surface area contributed by atoms with Crippen molar-refractivity contribution in [1.82, 2.24) is 20.1 Å². The first kappa shape index (κ1) is 75.1. The molecule has 4 heterocycles. The molecule has 4 aliphatic carbocycles. The van der Waals surface area contributed by atoms with Gasteiger partial charge in [-0.25, -0.2) is 0 Å². The SMILES string of the molecule is COc1cc2c(cc1OC)C(=O)/C(=C/c1ccncc1)C2.COc1cc2c(cc1OC)C(=O)C(CC1CCN(Cc3ccccc3)CC1)C2.COc1cc2c(cc1OC)C(=O)C(CC1CCN(Cc3ccccc3)CC1)C2.COc1cc2c(cc1OC)C(=O)C(CC1CCNCC1)C2.[HH].[O]=[Pt]=[O]. The molecule has 18 nitrogen and oxygen atoms in total. The summed E-state index contributed by atoms with van der Waals surface area (Å²) in [7, 11) is 12.9. The van der Waals surface area contributed by atoms with Gasteiger partial charge in [-0.1, -0.05) is 60.7 Å². The van der Waals surface area contributed by atoms with Gasteiger partial charge >= 0.3 is 25.3 Å². The van der Waals surface area contributed by atoms with Crippen molar-refractivity contribution in [2.24, 2.45) is 35.5 Å². The third kappa shape index (κ3) is 19.2. The second kappa shape index (κ2) is 36.9. The summed E-state index contributed by atoms with van der Waals surface area (Å²) in [5, 5.41) is 3.38. The van der Waals surface area contributed by atoms with Crippen LogP contribution < -0.4 is 43.2 Å². The molecule has 0 radical (unpaired) electrons. The van der Waals surface area contributed by atoms with E-state index in [1.165, 1.54) is 49.7 Å². The average molecular weight is 1560 g/mol. The molecule has 540 valence electrons. The number of benzene rings is 6. The van der Waals surface area contributed by atoms with Crippen molar-refractivity contribution in [2.45, 2.75) is 96.6 Å². The van der Waals surface area contributed by atoms with Crippen molar-refractivity contribution < 1.29 is 83.8 Å². The maximum absolute atomic E-state index is 12.9. The molecule has 3 saturated heterocycles. The number of allylic oxidation sites excluding steroid dienone is 1. The predicted molar refractivity (Wildman–Crippen MR) is 385 cm³/mol.